The van der Waals surface area contributed by atoms with Crippen LogP contribution in [0.4, 0.5) is 10.5 Å². The normalized spacial score (nSPS) is 19.8. The van der Waals surface area contributed by atoms with Gasteiger partial charge in [0.15, 0.2) is 0 Å². The summed E-state index contributed by atoms with van der Waals surface area (Å²) in [5.74, 6) is 0.0499. The molecule has 0 unspecified atom stereocenters. The molecule has 1 heterocycles. The van der Waals surface area contributed by atoms with Gasteiger partial charge in [0, 0.05) is 12.1 Å². The Labute approximate surface area is 139 Å². The summed E-state index contributed by atoms with van der Waals surface area (Å²) in [6.07, 6.45) is -1.21. The molecule has 124 valence electrons. The maximum atomic E-state index is 12.5. The highest BCUT2D eigenvalue weighted by Gasteiger charge is 2.40. The number of carbonyl (C=O) groups is 2. The Morgan fingerprint density at radius 3 is 2.33 bits per heavy atom. The van der Waals surface area contributed by atoms with Gasteiger partial charge in [0.25, 0.3) is 0 Å². The second-order valence-corrected chi connectivity index (χ2v) is 5.59. The highest BCUT2D eigenvalue weighted by Crippen LogP contribution is 2.22. The van der Waals surface area contributed by atoms with Crippen molar-refractivity contribution in [3.8, 4) is 5.75 Å². The minimum Gasteiger partial charge on any atom is -0.410 e. The Morgan fingerprint density at radius 2 is 1.67 bits per heavy atom. The quantitative estimate of drug-likeness (QED) is 0.907. The van der Waals surface area contributed by atoms with Crippen LogP contribution in [0.1, 0.15) is 6.42 Å². The summed E-state index contributed by atoms with van der Waals surface area (Å²) < 4.78 is 5.27. The largest absolute Gasteiger partial charge is 0.416 e. The van der Waals surface area contributed by atoms with Gasteiger partial charge in [-0.15, -0.1) is 0 Å². The highest BCUT2D eigenvalue weighted by molar-refractivity contribution is 5.97. The molecule has 1 fully saturated rings. The maximum Gasteiger partial charge on any atom is 0.416 e. The van der Waals surface area contributed by atoms with E-state index >= 15 is 0 Å². The fourth-order valence-corrected chi connectivity index (χ4v) is 2.66. The third-order valence-corrected chi connectivity index (χ3v) is 3.81. The number of ether oxygens (including phenoxy) is 1. The first-order chi connectivity index (χ1) is 11.6. The number of amides is 2. The molecule has 0 saturated carbocycles. The summed E-state index contributed by atoms with van der Waals surface area (Å²) in [5.41, 5.74) is 0.639. The monoisotopic (exact) mass is 326 g/mol. The van der Waals surface area contributed by atoms with E-state index in [-0.39, 0.29) is 18.9 Å². The predicted octanol–water partition coefficient (Wildman–Crippen LogP) is 2.26. The number of nitrogens with one attached hydrogen (secondary N) is 1. The number of aliphatic hydroxyl groups excluding tert-OH is 1. The van der Waals surface area contributed by atoms with Crippen molar-refractivity contribution in [1.29, 1.82) is 0 Å². The molecule has 2 atom stereocenters. The van der Waals surface area contributed by atoms with Gasteiger partial charge in [-0.1, -0.05) is 36.4 Å². The summed E-state index contributed by atoms with van der Waals surface area (Å²) >= 11 is 0. The molecule has 0 aromatic heterocycles. The number of β-amino-alcohol motifs (C(OH)–C–C–N with tert-alkyl or cyclic N) is 1. The average Bonchev–Trinajstić information content (AvgIpc) is 2.99. The Hall–Kier alpha value is -2.86. The first-order valence-corrected chi connectivity index (χ1v) is 7.71. The minimum absolute atomic E-state index is 0.0680. The first-order valence-electron chi connectivity index (χ1n) is 7.71. The van der Waals surface area contributed by atoms with E-state index in [0.29, 0.717) is 11.4 Å². The Bertz CT molecular complexity index is 644. The van der Waals surface area contributed by atoms with Crippen molar-refractivity contribution in [1.82, 2.24) is 4.90 Å². The number of carbonyl (C=O) groups excluding carboxylic acids is 2. The summed E-state index contributed by atoms with van der Waals surface area (Å²) in [7, 11) is 0. The number of hydrogen-bond donors (Lipinski definition) is 2. The van der Waals surface area contributed by atoms with Crippen LogP contribution in [-0.2, 0) is 4.79 Å². The molecule has 6 heteroatoms. The lowest BCUT2D eigenvalue weighted by Crippen LogP contribution is -2.44. The summed E-state index contributed by atoms with van der Waals surface area (Å²) in [5, 5.41) is 12.6. The SMILES string of the molecule is O=C(Nc1ccccc1)[C@H]1C[C@@H](O)CN1C(=O)Oc1ccccc1. The van der Waals surface area contributed by atoms with Gasteiger partial charge in [0.1, 0.15) is 11.8 Å². The Balaban J connectivity index is 1.69. The van der Waals surface area contributed by atoms with Gasteiger partial charge in [-0.05, 0) is 24.3 Å². The molecule has 0 aliphatic carbocycles. The van der Waals surface area contributed by atoms with Crippen molar-refractivity contribution in [2.24, 2.45) is 0 Å². The molecule has 3 rings (SSSR count). The summed E-state index contributed by atoms with van der Waals surface area (Å²) in [6, 6.07) is 16.8. The molecule has 1 aliphatic rings. The fraction of sp³-hybridized carbons (Fsp3) is 0.222. The smallest absolute Gasteiger partial charge is 0.410 e. The van der Waals surface area contributed by atoms with Crippen LogP contribution >= 0.6 is 0 Å². The van der Waals surface area contributed by atoms with Crippen molar-refractivity contribution in [3.05, 3.63) is 60.7 Å². The molecule has 2 amide bonds. The van der Waals surface area contributed by atoms with Crippen LogP contribution < -0.4 is 10.1 Å². The molecule has 2 N–H and O–H groups in total. The maximum absolute atomic E-state index is 12.5. The van der Waals surface area contributed by atoms with Gasteiger partial charge >= 0.3 is 6.09 Å². The lowest BCUT2D eigenvalue weighted by molar-refractivity contribution is -0.119. The zero-order valence-corrected chi connectivity index (χ0v) is 13.0. The molecular formula is C18H18N2O4. The molecule has 1 saturated heterocycles. The van der Waals surface area contributed by atoms with Gasteiger partial charge in [0.2, 0.25) is 5.91 Å². The van der Waals surface area contributed by atoms with E-state index in [0.717, 1.165) is 0 Å². The van der Waals surface area contributed by atoms with Gasteiger partial charge < -0.3 is 15.2 Å². The number of para-hydroxylation sites is 2. The molecule has 0 radical (unpaired) electrons. The number of nitrogens with zero attached hydrogens (tertiary/aromatic N) is 1. The van der Waals surface area contributed by atoms with Gasteiger partial charge in [-0.2, -0.15) is 0 Å². The van der Waals surface area contributed by atoms with Crippen molar-refractivity contribution >= 4 is 17.7 Å². The number of anilines is 1. The topological polar surface area (TPSA) is 78.9 Å². The van der Waals surface area contributed by atoms with Crippen LogP contribution in [0.15, 0.2) is 60.7 Å². The second-order valence-electron chi connectivity index (χ2n) is 5.59. The predicted molar refractivity (Wildman–Crippen MR) is 88.7 cm³/mol. The van der Waals surface area contributed by atoms with Gasteiger partial charge in [-0.3, -0.25) is 9.69 Å². The van der Waals surface area contributed by atoms with Gasteiger partial charge in [-0.25, -0.2) is 4.79 Å². The van der Waals surface area contributed by atoms with Gasteiger partial charge in [0.05, 0.1) is 12.6 Å². The van der Waals surface area contributed by atoms with E-state index in [1.807, 2.05) is 12.1 Å². The Kier molecular flexibility index (Phi) is 4.77. The number of hydrogen-bond acceptors (Lipinski definition) is 4. The van der Waals surface area contributed by atoms with E-state index in [4.69, 9.17) is 4.74 Å². The number of benzene rings is 2. The summed E-state index contributed by atoms with van der Waals surface area (Å²) in [4.78, 5) is 26.1. The third kappa shape index (κ3) is 3.72. The Morgan fingerprint density at radius 1 is 1.04 bits per heavy atom. The minimum atomic E-state index is -0.767. The van der Waals surface area contributed by atoms with Crippen LogP contribution in [-0.4, -0.2) is 40.7 Å². The van der Waals surface area contributed by atoms with E-state index < -0.39 is 18.2 Å². The van der Waals surface area contributed by atoms with Crippen LogP contribution in [0.5, 0.6) is 5.75 Å². The van der Waals surface area contributed by atoms with Crippen molar-refractivity contribution in [3.63, 3.8) is 0 Å². The standard InChI is InChI=1S/C18H18N2O4/c21-14-11-16(17(22)19-13-7-3-1-4-8-13)20(12-14)18(23)24-15-9-5-2-6-10-15/h1-10,14,16,21H,11-12H2,(H,19,22)/t14-,16-/m1/s1. The average molecular weight is 326 g/mol. The first kappa shape index (κ1) is 16.0. The van der Waals surface area contributed by atoms with E-state index in [2.05, 4.69) is 5.32 Å². The van der Waals surface area contributed by atoms with Crippen molar-refractivity contribution in [2.75, 3.05) is 11.9 Å². The molecule has 0 bridgehead atoms. The summed E-state index contributed by atoms with van der Waals surface area (Å²) in [6.45, 7) is 0.0680. The molecule has 6 nitrogen and oxygen atoms in total. The zero-order valence-electron chi connectivity index (χ0n) is 13.0. The van der Waals surface area contributed by atoms with E-state index in [1.165, 1.54) is 4.90 Å². The molecule has 2 aromatic carbocycles. The van der Waals surface area contributed by atoms with E-state index in [1.54, 1.807) is 48.5 Å². The molecule has 24 heavy (non-hydrogen) atoms. The van der Waals surface area contributed by atoms with Crippen molar-refractivity contribution in [2.45, 2.75) is 18.6 Å². The number of likely N-dealkylation sites (tertiary alicyclic amines) is 1. The fourth-order valence-electron chi connectivity index (χ4n) is 2.66. The van der Waals surface area contributed by atoms with Crippen LogP contribution in [0, 0.1) is 0 Å². The molecular weight excluding hydrogens is 308 g/mol. The van der Waals surface area contributed by atoms with Crippen LogP contribution in [0.2, 0.25) is 0 Å². The van der Waals surface area contributed by atoms with Crippen LogP contribution in [0.3, 0.4) is 0 Å². The lowest BCUT2D eigenvalue weighted by atomic mass is 10.2. The molecule has 2 aromatic rings. The molecule has 0 spiro atoms. The van der Waals surface area contributed by atoms with E-state index in [9.17, 15) is 14.7 Å². The number of rotatable bonds is 3. The zero-order chi connectivity index (χ0) is 16.9. The highest BCUT2D eigenvalue weighted by atomic mass is 16.6. The van der Waals surface area contributed by atoms with Crippen LogP contribution in [0.25, 0.3) is 0 Å². The molecule has 1 aliphatic heterocycles. The van der Waals surface area contributed by atoms with Crippen molar-refractivity contribution < 1.29 is 19.4 Å². The lowest BCUT2D eigenvalue weighted by Gasteiger charge is -2.22. The number of aliphatic hydroxyl groups is 1. The second kappa shape index (κ2) is 7.14. The third-order valence-electron chi connectivity index (χ3n) is 3.81.